The Morgan fingerprint density at radius 1 is 1.24 bits per heavy atom. The molecule has 0 bridgehead atoms. The smallest absolute Gasteiger partial charge is 0.319 e. The highest BCUT2D eigenvalue weighted by Crippen LogP contribution is 2.52. The maximum absolute atomic E-state index is 17.2. The molecule has 1 unspecified atom stereocenters. The highest BCUT2D eigenvalue weighted by molar-refractivity contribution is 7.23. The van der Waals surface area contributed by atoms with Gasteiger partial charge in [-0.05, 0) is 31.0 Å². The van der Waals surface area contributed by atoms with Gasteiger partial charge in [-0.3, -0.25) is 9.88 Å². The molecule has 0 saturated carbocycles. The Morgan fingerprint density at radius 3 is 2.84 bits per heavy atom. The molecule has 2 saturated heterocycles. The van der Waals surface area contributed by atoms with Gasteiger partial charge in [0, 0.05) is 30.1 Å². The second kappa shape index (κ2) is 12.1. The number of ether oxygens (including phenoxy) is 2. The van der Waals surface area contributed by atoms with Gasteiger partial charge < -0.3 is 20.1 Å². The number of hydrogen-bond acceptors (Lipinski definition) is 11. The molecule has 9 nitrogen and oxygen atoms in total. The van der Waals surface area contributed by atoms with E-state index in [1.165, 1.54) is 28.5 Å². The number of thiophene rings is 1. The van der Waals surface area contributed by atoms with Crippen molar-refractivity contribution in [3.63, 3.8) is 0 Å². The van der Waals surface area contributed by atoms with Crippen LogP contribution in [0.3, 0.4) is 0 Å². The molecule has 8 rings (SSSR count). The average Bonchev–Trinajstić information content (AvgIpc) is 3.84. The second-order valence-electron chi connectivity index (χ2n) is 12.3. The largest absolute Gasteiger partial charge is 0.489 e. The first-order valence-electron chi connectivity index (χ1n) is 15.3. The Bertz CT molecular complexity index is 2160. The fourth-order valence-corrected chi connectivity index (χ4v) is 9.42. The van der Waals surface area contributed by atoms with E-state index in [-0.39, 0.29) is 91.5 Å². The zero-order valence-electron chi connectivity index (χ0n) is 25.4. The van der Waals surface area contributed by atoms with Crippen LogP contribution in [0.15, 0.2) is 23.8 Å². The van der Waals surface area contributed by atoms with Gasteiger partial charge in [0.15, 0.2) is 11.6 Å². The van der Waals surface area contributed by atoms with Crippen molar-refractivity contribution in [2.75, 3.05) is 43.5 Å². The first-order valence-corrected chi connectivity index (χ1v) is 17.4. The molecule has 2 aromatic carbocycles. The van der Waals surface area contributed by atoms with E-state index < -0.39 is 42.4 Å². The number of alkyl halides is 3. The summed E-state index contributed by atoms with van der Waals surface area (Å²) in [6.45, 7) is -0.0436. The van der Waals surface area contributed by atoms with Crippen LogP contribution < -0.4 is 20.1 Å². The number of rotatable bonds is 7. The molecular weight excluding hydrogens is 709 g/mol. The van der Waals surface area contributed by atoms with Gasteiger partial charge in [-0.2, -0.15) is 15.2 Å². The maximum Gasteiger partial charge on any atom is 0.319 e. The van der Waals surface area contributed by atoms with Crippen LogP contribution in [-0.2, 0) is 0 Å². The van der Waals surface area contributed by atoms with Crippen molar-refractivity contribution in [2.45, 2.75) is 43.4 Å². The van der Waals surface area contributed by atoms with E-state index in [1.54, 1.807) is 5.51 Å². The van der Waals surface area contributed by atoms with Crippen LogP contribution in [0.4, 0.5) is 32.8 Å². The van der Waals surface area contributed by atoms with Crippen molar-refractivity contribution in [2.24, 2.45) is 0 Å². The lowest BCUT2D eigenvalue weighted by Gasteiger charge is -2.32. The lowest BCUT2D eigenvalue weighted by molar-refractivity contribution is 0.107. The normalized spacial score (nSPS) is 22.1. The highest BCUT2D eigenvalue weighted by atomic mass is 35.5. The Labute approximate surface area is 288 Å². The molecule has 0 spiro atoms. The minimum Gasteiger partial charge on any atom is -0.489 e. The SMILES string of the molecule is N#Cc1c(N)sc2c(F)ccc(-c3c(Cl)c4c5c(nc(OC[C@@]67CCCN6C[C@H](F)C7)nc5c3F)N(CC(F)F)C(c3cncs3)CO4)c12. The first-order chi connectivity index (χ1) is 23.6. The Morgan fingerprint density at radius 2 is 2.08 bits per heavy atom. The molecule has 3 aliphatic rings. The molecule has 17 heteroatoms. The second-order valence-corrected chi connectivity index (χ2v) is 14.6. The molecule has 5 aromatic rings. The fraction of sp³-hybridized carbons (Fsp3) is 0.375. The van der Waals surface area contributed by atoms with Crippen LogP contribution >= 0.6 is 34.3 Å². The van der Waals surface area contributed by atoms with E-state index in [4.69, 9.17) is 26.8 Å². The number of nitrogens with zero attached hydrogens (tertiary/aromatic N) is 6. The minimum atomic E-state index is -2.84. The number of fused-ring (bicyclic) bond motifs is 2. The lowest BCUT2D eigenvalue weighted by atomic mass is 9.95. The molecule has 0 aliphatic carbocycles. The van der Waals surface area contributed by atoms with Gasteiger partial charge in [-0.25, -0.2) is 22.0 Å². The van der Waals surface area contributed by atoms with Crippen molar-refractivity contribution in [1.82, 2.24) is 19.9 Å². The third kappa shape index (κ3) is 5.12. The van der Waals surface area contributed by atoms with E-state index in [0.29, 0.717) is 17.8 Å². The molecule has 3 atom stereocenters. The van der Waals surface area contributed by atoms with Crippen LogP contribution in [0.5, 0.6) is 11.8 Å². The van der Waals surface area contributed by atoms with Gasteiger partial charge in [0.2, 0.25) is 0 Å². The summed E-state index contributed by atoms with van der Waals surface area (Å²) in [4.78, 5) is 17.0. The summed E-state index contributed by atoms with van der Waals surface area (Å²) in [7, 11) is 0. The predicted molar refractivity (Wildman–Crippen MR) is 177 cm³/mol. The van der Waals surface area contributed by atoms with Crippen molar-refractivity contribution in [3.05, 3.63) is 50.9 Å². The van der Waals surface area contributed by atoms with E-state index in [2.05, 4.69) is 15.0 Å². The summed E-state index contributed by atoms with van der Waals surface area (Å²) in [5.74, 6) is -1.85. The summed E-state index contributed by atoms with van der Waals surface area (Å²) in [5.41, 5.74) is 6.40. The van der Waals surface area contributed by atoms with Crippen molar-refractivity contribution >= 4 is 66.1 Å². The van der Waals surface area contributed by atoms with Gasteiger partial charge in [-0.1, -0.05) is 17.7 Å². The van der Waals surface area contributed by atoms with Crippen molar-refractivity contribution in [1.29, 1.82) is 5.26 Å². The number of nitriles is 1. The van der Waals surface area contributed by atoms with Gasteiger partial charge >= 0.3 is 6.01 Å². The summed E-state index contributed by atoms with van der Waals surface area (Å²) < 4.78 is 87.6. The van der Waals surface area contributed by atoms with Crippen LogP contribution in [-0.4, -0.2) is 70.8 Å². The fourth-order valence-electron chi connectivity index (χ4n) is 7.42. The Kier molecular flexibility index (Phi) is 7.93. The third-order valence-electron chi connectivity index (χ3n) is 9.52. The monoisotopic (exact) mass is 733 g/mol. The number of halogens is 6. The van der Waals surface area contributed by atoms with E-state index in [1.807, 2.05) is 11.0 Å². The molecule has 49 heavy (non-hydrogen) atoms. The molecule has 0 amide bonds. The number of hydrogen-bond donors (Lipinski definition) is 1. The van der Waals surface area contributed by atoms with E-state index >= 15 is 4.39 Å². The molecule has 3 aromatic heterocycles. The molecule has 3 aliphatic heterocycles. The molecule has 2 fully saturated rings. The molecular formula is C32H25ClF5N7O2S2. The van der Waals surface area contributed by atoms with Gasteiger partial charge in [0.25, 0.3) is 6.43 Å². The number of nitrogens with two attached hydrogens (primary N) is 1. The van der Waals surface area contributed by atoms with E-state index in [0.717, 1.165) is 23.8 Å². The minimum absolute atomic E-state index is 0.00476. The highest BCUT2D eigenvalue weighted by Gasteiger charge is 2.49. The van der Waals surface area contributed by atoms with Gasteiger partial charge in [-0.15, -0.1) is 22.7 Å². The standard InChI is InChI=1S/C32H25ClF5N7O2S2/c33-24-22(15-2-3-17(35)28-21(15)16(7-39)29(40)49-28)25(38)26-23-27(24)46-11-18(19-8-41-13-48-19)45(10-20(36)37)30(23)43-31(42-26)47-12-32-4-1-5-44(32)9-14(34)6-32/h2-3,8,13-14,18,20H,1,4-6,9-12,40H2/t14-,18?,32+/m1/s1. The zero-order valence-corrected chi connectivity index (χ0v) is 27.7. The molecule has 6 heterocycles. The molecule has 254 valence electrons. The first kappa shape index (κ1) is 32.2. The number of aromatic nitrogens is 3. The summed E-state index contributed by atoms with van der Waals surface area (Å²) in [6, 6.07) is 3.22. The summed E-state index contributed by atoms with van der Waals surface area (Å²) >= 11 is 9.02. The third-order valence-corrected chi connectivity index (χ3v) is 11.8. The van der Waals surface area contributed by atoms with Crippen molar-refractivity contribution < 1.29 is 31.4 Å². The predicted octanol–water partition coefficient (Wildman–Crippen LogP) is 7.51. The lowest BCUT2D eigenvalue weighted by Crippen LogP contribution is -2.43. The number of benzene rings is 2. The van der Waals surface area contributed by atoms with Crippen LogP contribution in [0.25, 0.3) is 32.1 Å². The zero-order chi connectivity index (χ0) is 34.2. The van der Waals surface area contributed by atoms with Crippen molar-refractivity contribution in [3.8, 4) is 29.0 Å². The number of thiazole rings is 1. The summed E-state index contributed by atoms with van der Waals surface area (Å²) in [5, 5.41) is 9.68. The number of nitrogen functional groups attached to an aromatic ring is 1. The average molecular weight is 734 g/mol. The summed E-state index contributed by atoms with van der Waals surface area (Å²) in [6.07, 6.45) is -0.575. The Hall–Kier alpha value is -4.04. The maximum atomic E-state index is 17.2. The topological polar surface area (TPSA) is 113 Å². The van der Waals surface area contributed by atoms with E-state index in [9.17, 15) is 22.8 Å². The quantitative estimate of drug-likeness (QED) is 0.170. The van der Waals surface area contributed by atoms with Gasteiger partial charge in [0.1, 0.15) is 53.6 Å². The molecule has 2 N–H and O–H groups in total. The van der Waals surface area contributed by atoms with Gasteiger partial charge in [0.05, 0.1) is 43.1 Å². The molecule has 0 radical (unpaired) electrons. The van der Waals surface area contributed by atoms with Crippen LogP contribution in [0, 0.1) is 23.0 Å². The number of anilines is 2. The van der Waals surface area contributed by atoms with Crippen LogP contribution in [0.2, 0.25) is 5.02 Å². The Balaban J connectivity index is 1.37. The van der Waals surface area contributed by atoms with Crippen LogP contribution in [0.1, 0.15) is 35.7 Å².